The predicted octanol–water partition coefficient (Wildman–Crippen LogP) is 2.39. The highest BCUT2D eigenvalue weighted by Gasteiger charge is 2.13. The molecule has 0 saturated carbocycles. The molecular formula is C11H10F2N4. The number of aromatic nitrogens is 2. The molecule has 0 radical (unpaired) electrons. The van der Waals surface area contributed by atoms with Crippen molar-refractivity contribution in [2.45, 2.75) is 6.92 Å². The molecule has 2 aromatic rings. The van der Waals surface area contributed by atoms with Gasteiger partial charge < -0.3 is 11.1 Å². The van der Waals surface area contributed by atoms with E-state index in [-0.39, 0.29) is 17.3 Å². The van der Waals surface area contributed by atoms with Crippen molar-refractivity contribution in [3.8, 4) is 0 Å². The molecule has 0 aliphatic heterocycles. The van der Waals surface area contributed by atoms with Crippen LogP contribution in [-0.4, -0.2) is 9.97 Å². The summed E-state index contributed by atoms with van der Waals surface area (Å²) < 4.78 is 27.1. The number of rotatable bonds is 2. The van der Waals surface area contributed by atoms with Crippen LogP contribution in [0.5, 0.6) is 0 Å². The van der Waals surface area contributed by atoms with E-state index in [9.17, 15) is 8.78 Å². The van der Waals surface area contributed by atoms with Gasteiger partial charge in [0.2, 0.25) is 0 Å². The average Bonchev–Trinajstić information content (AvgIpc) is 2.32. The molecule has 0 fully saturated rings. The van der Waals surface area contributed by atoms with Gasteiger partial charge in [0, 0.05) is 12.4 Å². The summed E-state index contributed by atoms with van der Waals surface area (Å²) >= 11 is 0. The molecule has 1 aromatic heterocycles. The first-order valence-electron chi connectivity index (χ1n) is 4.87. The van der Waals surface area contributed by atoms with Crippen LogP contribution in [0.1, 0.15) is 5.56 Å². The van der Waals surface area contributed by atoms with Crippen LogP contribution >= 0.6 is 0 Å². The molecular weight excluding hydrogens is 226 g/mol. The molecule has 0 saturated heterocycles. The van der Waals surface area contributed by atoms with Crippen molar-refractivity contribution in [2.24, 2.45) is 0 Å². The third-order valence-electron chi connectivity index (χ3n) is 2.25. The van der Waals surface area contributed by atoms with Gasteiger partial charge in [0.05, 0.1) is 0 Å². The van der Waals surface area contributed by atoms with Gasteiger partial charge in [0.25, 0.3) is 0 Å². The molecule has 1 heterocycles. The summed E-state index contributed by atoms with van der Waals surface area (Å²) in [6.07, 6.45) is 2.77. The van der Waals surface area contributed by atoms with E-state index in [1.807, 2.05) is 0 Å². The Bertz CT molecular complexity index is 557. The maximum Gasteiger partial charge on any atom is 0.173 e. The van der Waals surface area contributed by atoms with Crippen LogP contribution in [0.4, 0.5) is 26.1 Å². The van der Waals surface area contributed by atoms with Crippen molar-refractivity contribution in [1.29, 1.82) is 0 Å². The maximum absolute atomic E-state index is 13.7. The van der Waals surface area contributed by atoms with E-state index >= 15 is 0 Å². The average molecular weight is 236 g/mol. The number of hydrogen-bond acceptors (Lipinski definition) is 4. The first-order chi connectivity index (χ1) is 8.09. The molecule has 0 unspecified atom stereocenters. The fourth-order valence-electron chi connectivity index (χ4n) is 1.33. The van der Waals surface area contributed by atoms with Gasteiger partial charge in [0.1, 0.15) is 11.5 Å². The van der Waals surface area contributed by atoms with Gasteiger partial charge in [0.15, 0.2) is 17.5 Å². The normalized spacial score (nSPS) is 10.3. The Balaban J connectivity index is 2.43. The minimum atomic E-state index is -0.710. The van der Waals surface area contributed by atoms with Gasteiger partial charge in [-0.1, -0.05) is 6.07 Å². The summed E-state index contributed by atoms with van der Waals surface area (Å²) in [7, 11) is 0. The van der Waals surface area contributed by atoms with Crippen molar-refractivity contribution in [1.82, 2.24) is 9.97 Å². The number of halogens is 2. The molecule has 4 nitrogen and oxygen atoms in total. The van der Waals surface area contributed by atoms with E-state index in [0.29, 0.717) is 5.56 Å². The van der Waals surface area contributed by atoms with Crippen molar-refractivity contribution >= 4 is 17.3 Å². The largest absolute Gasteiger partial charge is 0.381 e. The molecule has 3 N–H and O–H groups in total. The first kappa shape index (κ1) is 11.3. The van der Waals surface area contributed by atoms with Crippen molar-refractivity contribution in [3.05, 3.63) is 41.7 Å². The topological polar surface area (TPSA) is 63.8 Å². The molecule has 0 aliphatic carbocycles. The van der Waals surface area contributed by atoms with E-state index < -0.39 is 11.6 Å². The summed E-state index contributed by atoms with van der Waals surface area (Å²) in [5.41, 5.74) is 5.58. The molecule has 6 heteroatoms. The fraction of sp³-hybridized carbons (Fsp3) is 0.0909. The summed E-state index contributed by atoms with van der Waals surface area (Å²) in [5.74, 6) is -1.18. The Morgan fingerprint density at radius 3 is 2.59 bits per heavy atom. The predicted molar refractivity (Wildman–Crippen MR) is 60.8 cm³/mol. The lowest BCUT2D eigenvalue weighted by Crippen LogP contribution is -2.04. The molecule has 2 rings (SSSR count). The lowest BCUT2D eigenvalue weighted by Gasteiger charge is -2.10. The zero-order valence-electron chi connectivity index (χ0n) is 9.04. The molecule has 1 aromatic carbocycles. The van der Waals surface area contributed by atoms with Gasteiger partial charge in [-0.05, 0) is 18.6 Å². The number of nitrogens with one attached hydrogen (secondary N) is 1. The van der Waals surface area contributed by atoms with Crippen molar-refractivity contribution < 1.29 is 8.78 Å². The molecule has 0 aliphatic rings. The third kappa shape index (κ3) is 2.15. The van der Waals surface area contributed by atoms with Gasteiger partial charge in [-0.25, -0.2) is 18.7 Å². The van der Waals surface area contributed by atoms with Gasteiger partial charge >= 0.3 is 0 Å². The van der Waals surface area contributed by atoms with Crippen LogP contribution in [-0.2, 0) is 0 Å². The minimum Gasteiger partial charge on any atom is -0.381 e. The maximum atomic E-state index is 13.7. The van der Waals surface area contributed by atoms with Gasteiger partial charge in [-0.3, -0.25) is 0 Å². The molecule has 0 bridgehead atoms. The van der Waals surface area contributed by atoms with E-state index in [4.69, 9.17) is 5.73 Å². The highest BCUT2D eigenvalue weighted by molar-refractivity contribution is 5.66. The standard InChI is InChI=1S/C11H10F2N4/c1-6-2-3-7(12)9(8(6)13)17-11-10(14)15-4-5-16-11/h2-5H,1H3,(H2,14,15)(H,16,17). The van der Waals surface area contributed by atoms with Crippen LogP contribution in [0.2, 0.25) is 0 Å². The summed E-state index contributed by atoms with van der Waals surface area (Å²) in [5, 5.41) is 2.50. The van der Waals surface area contributed by atoms with E-state index in [1.54, 1.807) is 6.92 Å². The molecule has 88 valence electrons. The zero-order valence-corrected chi connectivity index (χ0v) is 9.04. The van der Waals surface area contributed by atoms with Crippen LogP contribution in [0.3, 0.4) is 0 Å². The third-order valence-corrected chi connectivity index (χ3v) is 2.25. The highest BCUT2D eigenvalue weighted by atomic mass is 19.1. The Labute approximate surface area is 96.5 Å². The monoisotopic (exact) mass is 236 g/mol. The number of nitrogens with zero attached hydrogens (tertiary/aromatic N) is 2. The van der Waals surface area contributed by atoms with Gasteiger partial charge in [-0.2, -0.15) is 0 Å². The highest BCUT2D eigenvalue weighted by Crippen LogP contribution is 2.26. The number of nitrogens with two attached hydrogens (primary N) is 1. The van der Waals surface area contributed by atoms with E-state index in [0.717, 1.165) is 0 Å². The molecule has 0 atom stereocenters. The van der Waals surface area contributed by atoms with E-state index in [2.05, 4.69) is 15.3 Å². The van der Waals surface area contributed by atoms with Crippen molar-refractivity contribution in [3.63, 3.8) is 0 Å². The van der Waals surface area contributed by atoms with Crippen LogP contribution < -0.4 is 11.1 Å². The Morgan fingerprint density at radius 1 is 1.18 bits per heavy atom. The minimum absolute atomic E-state index is 0.0767. The summed E-state index contributed by atoms with van der Waals surface area (Å²) in [4.78, 5) is 7.62. The van der Waals surface area contributed by atoms with Crippen molar-refractivity contribution in [2.75, 3.05) is 11.1 Å². The Morgan fingerprint density at radius 2 is 1.88 bits per heavy atom. The summed E-state index contributed by atoms with van der Waals surface area (Å²) in [6.45, 7) is 1.54. The SMILES string of the molecule is Cc1ccc(F)c(Nc2nccnc2N)c1F. The number of anilines is 3. The number of benzene rings is 1. The van der Waals surface area contributed by atoms with Gasteiger partial charge in [-0.15, -0.1) is 0 Å². The van der Waals surface area contributed by atoms with Crippen LogP contribution in [0.15, 0.2) is 24.5 Å². The second kappa shape index (κ2) is 4.32. The van der Waals surface area contributed by atoms with E-state index in [1.165, 1.54) is 24.5 Å². The lowest BCUT2D eigenvalue weighted by atomic mass is 10.2. The van der Waals surface area contributed by atoms with Crippen LogP contribution in [0.25, 0.3) is 0 Å². The fourth-order valence-corrected chi connectivity index (χ4v) is 1.33. The molecule has 0 spiro atoms. The second-order valence-electron chi connectivity index (χ2n) is 3.47. The number of nitrogen functional groups attached to an aromatic ring is 1. The number of hydrogen-bond donors (Lipinski definition) is 2. The molecule has 17 heavy (non-hydrogen) atoms. The Hall–Kier alpha value is -2.24. The van der Waals surface area contributed by atoms with Crippen LogP contribution in [0, 0.1) is 18.6 Å². The Kier molecular flexibility index (Phi) is 2.86. The first-order valence-corrected chi connectivity index (χ1v) is 4.87. The summed E-state index contributed by atoms with van der Waals surface area (Å²) in [6, 6.07) is 2.53. The lowest BCUT2D eigenvalue weighted by molar-refractivity contribution is 0.585. The smallest absolute Gasteiger partial charge is 0.173 e. The zero-order chi connectivity index (χ0) is 12.4. The quantitative estimate of drug-likeness (QED) is 0.840. The molecule has 0 amide bonds. The second-order valence-corrected chi connectivity index (χ2v) is 3.47. The number of aryl methyl sites for hydroxylation is 1.